The molecule has 6 atom stereocenters. The Morgan fingerprint density at radius 2 is 1.83 bits per heavy atom. The Hall–Kier alpha value is -0.460. The first-order chi connectivity index (χ1) is 13.7. The Balaban J connectivity index is 0.00000218. The van der Waals surface area contributed by atoms with E-state index in [2.05, 4.69) is 37.0 Å². The fourth-order valence-corrected chi connectivity index (χ4v) is 8.20. The second-order valence-electron chi connectivity index (χ2n) is 10.2. The zero-order valence-electron chi connectivity index (χ0n) is 18.3. The number of allylic oxidation sites excluding steroid dienone is 4. The molecule has 0 unspecified atom stereocenters. The number of nitrogens with zero attached hydrogens (tertiary/aromatic N) is 1. The van der Waals surface area contributed by atoms with Crippen molar-refractivity contribution in [2.24, 2.45) is 28.6 Å². The number of hydrogen-bond acceptors (Lipinski definition) is 4. The summed E-state index contributed by atoms with van der Waals surface area (Å²) >= 11 is 0. The molecule has 4 aliphatic rings. The van der Waals surface area contributed by atoms with Crippen LogP contribution in [0.5, 0.6) is 0 Å². The van der Waals surface area contributed by atoms with Gasteiger partial charge >= 0.3 is 29.6 Å². The van der Waals surface area contributed by atoms with E-state index in [1.54, 1.807) is 0 Å². The average Bonchev–Trinajstić information content (AvgIpc) is 3.04. The number of rotatable bonds is 2. The molecule has 0 aromatic carbocycles. The van der Waals surface area contributed by atoms with Crippen molar-refractivity contribution >= 4 is 15.7 Å². The monoisotopic (exact) mass is 435 g/mol. The molecule has 156 valence electrons. The molecule has 30 heavy (non-hydrogen) atoms. The topological polar surface area (TPSA) is 70.1 Å². The van der Waals surface area contributed by atoms with E-state index in [4.69, 9.17) is 0 Å². The summed E-state index contributed by atoms with van der Waals surface area (Å²) in [7, 11) is -4.20. The third kappa shape index (κ3) is 3.40. The first-order valence-corrected chi connectivity index (χ1v) is 12.5. The molecule has 5 rings (SSSR count). The van der Waals surface area contributed by atoms with Gasteiger partial charge in [-0.2, -0.15) is 0 Å². The molecule has 2 saturated carbocycles. The molecular formula is C24H30NNaO3S. The number of pyridine rings is 1. The third-order valence-electron chi connectivity index (χ3n) is 9.02. The Morgan fingerprint density at radius 3 is 2.53 bits per heavy atom. The van der Waals surface area contributed by atoms with Crippen LogP contribution in [0.4, 0.5) is 0 Å². The van der Waals surface area contributed by atoms with Gasteiger partial charge in [-0.05, 0) is 90.7 Å². The maximum absolute atomic E-state index is 11.6. The summed E-state index contributed by atoms with van der Waals surface area (Å²) in [5.74, 6) is 1.86. The van der Waals surface area contributed by atoms with Gasteiger partial charge < -0.3 is 4.55 Å². The van der Waals surface area contributed by atoms with Crippen LogP contribution in [-0.4, -0.2) is 23.2 Å². The maximum Gasteiger partial charge on any atom is 1.00 e. The first kappa shape index (κ1) is 22.7. The summed E-state index contributed by atoms with van der Waals surface area (Å²) in [6, 6.07) is 4.21. The molecule has 0 aliphatic heterocycles. The van der Waals surface area contributed by atoms with Crippen molar-refractivity contribution < 1.29 is 42.5 Å². The van der Waals surface area contributed by atoms with Crippen LogP contribution >= 0.6 is 0 Å². The maximum atomic E-state index is 11.6. The molecule has 2 fully saturated rings. The molecule has 4 aliphatic carbocycles. The second-order valence-corrected chi connectivity index (χ2v) is 11.8. The molecule has 1 heterocycles. The average molecular weight is 436 g/mol. The van der Waals surface area contributed by atoms with E-state index >= 15 is 0 Å². The van der Waals surface area contributed by atoms with Gasteiger partial charge in [0.1, 0.15) is 0 Å². The Labute approximate surface area is 202 Å². The zero-order valence-corrected chi connectivity index (χ0v) is 21.1. The molecule has 0 spiro atoms. The van der Waals surface area contributed by atoms with Crippen molar-refractivity contribution in [1.29, 1.82) is 0 Å². The molecule has 4 nitrogen and oxygen atoms in total. The molecule has 6 heteroatoms. The van der Waals surface area contributed by atoms with Crippen LogP contribution in [0.15, 0.2) is 42.3 Å². The minimum absolute atomic E-state index is 0. The Kier molecular flexibility index (Phi) is 5.94. The van der Waals surface area contributed by atoms with Crippen LogP contribution in [0.2, 0.25) is 0 Å². The standard InChI is InChI=1S/C24H31NO3S.Na/c1-23-11-9-18(29(26,27)28)14-17(23)5-6-19-21-8-7-20(16-4-3-13-25-15-16)24(21,2)12-10-22(19)23;/h3-5,7,13,15,18-19,21-22H,6,8-12,14H2,1-2H3,(H,26,27,28);/q;+1/p-1/t18-,19-,21-,22-,23-,24+;/m0./s1. The van der Waals surface area contributed by atoms with E-state index in [9.17, 15) is 13.0 Å². The van der Waals surface area contributed by atoms with Crippen LogP contribution in [0, 0.1) is 28.6 Å². The van der Waals surface area contributed by atoms with E-state index in [1.807, 2.05) is 18.5 Å². The molecule has 0 bridgehead atoms. The molecule has 0 saturated heterocycles. The van der Waals surface area contributed by atoms with Crippen LogP contribution in [-0.2, 0) is 10.1 Å². The fraction of sp³-hybridized carbons (Fsp3) is 0.625. The fourth-order valence-electron chi connectivity index (χ4n) is 7.41. The Morgan fingerprint density at radius 1 is 1.07 bits per heavy atom. The van der Waals surface area contributed by atoms with Gasteiger partial charge in [-0.3, -0.25) is 4.98 Å². The van der Waals surface area contributed by atoms with Crippen LogP contribution in [0.3, 0.4) is 0 Å². The summed E-state index contributed by atoms with van der Waals surface area (Å²) in [5.41, 5.74) is 4.23. The number of aromatic nitrogens is 1. The van der Waals surface area contributed by atoms with E-state index < -0.39 is 15.4 Å². The quantitative estimate of drug-likeness (QED) is 0.405. The third-order valence-corrected chi connectivity index (χ3v) is 10.2. The first-order valence-electron chi connectivity index (χ1n) is 11.0. The summed E-state index contributed by atoms with van der Waals surface area (Å²) in [6.45, 7) is 4.79. The largest absolute Gasteiger partial charge is 1.00 e. The van der Waals surface area contributed by atoms with Gasteiger partial charge in [-0.15, -0.1) is 0 Å². The second kappa shape index (κ2) is 7.84. The summed E-state index contributed by atoms with van der Waals surface area (Å²) in [4.78, 5) is 4.35. The summed E-state index contributed by atoms with van der Waals surface area (Å²) in [5, 5.41) is -0.724. The smallest absolute Gasteiger partial charge is 0.748 e. The van der Waals surface area contributed by atoms with Gasteiger partial charge in [-0.25, -0.2) is 8.42 Å². The summed E-state index contributed by atoms with van der Waals surface area (Å²) in [6.07, 6.45) is 14.9. The van der Waals surface area contributed by atoms with Crippen molar-refractivity contribution in [2.45, 2.75) is 64.0 Å². The predicted octanol–water partition coefficient (Wildman–Crippen LogP) is 1.96. The minimum Gasteiger partial charge on any atom is -0.748 e. The van der Waals surface area contributed by atoms with E-state index in [1.165, 1.54) is 29.6 Å². The van der Waals surface area contributed by atoms with Crippen molar-refractivity contribution in [1.82, 2.24) is 4.98 Å². The van der Waals surface area contributed by atoms with Crippen molar-refractivity contribution in [3.8, 4) is 0 Å². The molecular weight excluding hydrogens is 405 g/mol. The van der Waals surface area contributed by atoms with Crippen LogP contribution in [0.1, 0.15) is 64.4 Å². The molecule has 0 radical (unpaired) electrons. The van der Waals surface area contributed by atoms with E-state index in [-0.39, 0.29) is 40.4 Å². The molecule has 1 aromatic heterocycles. The van der Waals surface area contributed by atoms with Gasteiger partial charge in [0.25, 0.3) is 0 Å². The number of fused-ring (bicyclic) bond motifs is 5. The normalized spacial score (nSPS) is 40.2. The summed E-state index contributed by atoms with van der Waals surface area (Å²) < 4.78 is 34.8. The van der Waals surface area contributed by atoms with Crippen LogP contribution in [0.25, 0.3) is 5.57 Å². The van der Waals surface area contributed by atoms with E-state index in [0.717, 1.165) is 19.3 Å². The number of hydrogen-bond donors (Lipinski definition) is 0. The van der Waals surface area contributed by atoms with Gasteiger partial charge in [0, 0.05) is 12.4 Å². The van der Waals surface area contributed by atoms with Gasteiger partial charge in [0.2, 0.25) is 0 Å². The minimum atomic E-state index is -4.20. The van der Waals surface area contributed by atoms with Crippen molar-refractivity contribution in [3.63, 3.8) is 0 Å². The SMILES string of the molecule is C[C@]12CC[C@H](S(=O)(=O)[O-])CC1=CC[C@@H]1[C@@H]2CC[C@]2(C)C(c3cccnc3)=CC[C@@H]12.[Na+]. The van der Waals surface area contributed by atoms with Crippen LogP contribution < -0.4 is 29.6 Å². The molecule has 0 amide bonds. The molecule has 0 N–H and O–H groups in total. The molecule has 1 aromatic rings. The van der Waals surface area contributed by atoms with Gasteiger partial charge in [-0.1, -0.05) is 37.6 Å². The predicted molar refractivity (Wildman–Crippen MR) is 113 cm³/mol. The zero-order chi connectivity index (χ0) is 20.4. The van der Waals surface area contributed by atoms with Gasteiger partial charge in [0.15, 0.2) is 0 Å². The van der Waals surface area contributed by atoms with Crippen molar-refractivity contribution in [3.05, 3.63) is 47.8 Å². The van der Waals surface area contributed by atoms with Crippen molar-refractivity contribution in [2.75, 3.05) is 0 Å². The van der Waals surface area contributed by atoms with Gasteiger partial charge in [0.05, 0.1) is 15.4 Å². The Bertz CT molecular complexity index is 989. The van der Waals surface area contributed by atoms with E-state index in [0.29, 0.717) is 30.6 Å².